The van der Waals surface area contributed by atoms with Gasteiger partial charge in [-0.2, -0.15) is 0 Å². The maximum Gasteiger partial charge on any atom is 0.246 e. The van der Waals surface area contributed by atoms with Crippen LogP contribution in [0, 0.1) is 0 Å². The van der Waals surface area contributed by atoms with Gasteiger partial charge >= 0.3 is 0 Å². The second-order valence-electron chi connectivity index (χ2n) is 7.64. The summed E-state index contributed by atoms with van der Waals surface area (Å²) >= 11 is 0. The van der Waals surface area contributed by atoms with Gasteiger partial charge in [-0.25, -0.2) is 4.98 Å². The number of aromatic nitrogens is 2. The van der Waals surface area contributed by atoms with Gasteiger partial charge in [-0.15, -0.1) is 0 Å². The highest BCUT2D eigenvalue weighted by Gasteiger charge is 2.29. The molecule has 1 N–H and O–H groups in total. The Bertz CT molecular complexity index is 810. The van der Waals surface area contributed by atoms with Gasteiger partial charge in [-0.3, -0.25) is 9.69 Å². The number of benzene rings is 1. The number of piperazine rings is 1. The molecule has 2 saturated heterocycles. The third-order valence-corrected chi connectivity index (χ3v) is 5.90. The van der Waals surface area contributed by atoms with Crippen molar-refractivity contribution in [1.82, 2.24) is 19.8 Å². The molecule has 154 valence electrons. The van der Waals surface area contributed by atoms with Crippen molar-refractivity contribution in [3.63, 3.8) is 0 Å². The molecule has 1 aromatic carbocycles. The Balaban J connectivity index is 1.29. The highest BCUT2D eigenvalue weighted by Crippen LogP contribution is 2.23. The summed E-state index contributed by atoms with van der Waals surface area (Å²) in [6.07, 6.45) is 9.01. The fourth-order valence-electron chi connectivity index (χ4n) is 4.22. The van der Waals surface area contributed by atoms with E-state index in [2.05, 4.69) is 31.9 Å². The lowest BCUT2D eigenvalue weighted by Crippen LogP contribution is -2.55. The van der Waals surface area contributed by atoms with Crippen molar-refractivity contribution in [3.05, 3.63) is 48.6 Å². The number of nitrogens with one attached hydrogen (secondary N) is 1. The normalized spacial score (nSPS) is 20.9. The Morgan fingerprint density at radius 3 is 2.66 bits per heavy atom. The number of carbonyl (C=O) groups is 1. The van der Waals surface area contributed by atoms with E-state index in [4.69, 9.17) is 4.74 Å². The summed E-state index contributed by atoms with van der Waals surface area (Å²) in [7, 11) is 1.69. The molecule has 2 aliphatic rings. The Morgan fingerprint density at radius 2 is 1.97 bits per heavy atom. The lowest BCUT2D eigenvalue weighted by molar-refractivity contribution is -0.128. The van der Waals surface area contributed by atoms with Gasteiger partial charge < -0.3 is 19.5 Å². The number of aromatic amines is 1. The number of hydrogen-bond donors (Lipinski definition) is 1. The molecule has 7 nitrogen and oxygen atoms in total. The molecular weight excluding hydrogens is 366 g/mol. The summed E-state index contributed by atoms with van der Waals surface area (Å²) in [5.41, 5.74) is 2.09. The third-order valence-electron chi connectivity index (χ3n) is 5.90. The van der Waals surface area contributed by atoms with E-state index in [1.807, 2.05) is 17.0 Å². The second kappa shape index (κ2) is 9.13. The summed E-state index contributed by atoms with van der Waals surface area (Å²) in [5, 5.41) is 0. The van der Waals surface area contributed by atoms with Crippen molar-refractivity contribution in [2.45, 2.75) is 18.9 Å². The number of likely N-dealkylation sites (tertiary alicyclic amines) is 1. The van der Waals surface area contributed by atoms with E-state index in [0.29, 0.717) is 6.04 Å². The molecule has 3 heterocycles. The molecular formula is C22H29N5O2. The van der Waals surface area contributed by atoms with Gasteiger partial charge in [0.15, 0.2) is 0 Å². The van der Waals surface area contributed by atoms with Gasteiger partial charge in [-0.05, 0) is 43.2 Å². The lowest BCUT2D eigenvalue weighted by atomic mass is 10.0. The van der Waals surface area contributed by atoms with Crippen LogP contribution >= 0.6 is 0 Å². The van der Waals surface area contributed by atoms with Gasteiger partial charge in [0.25, 0.3) is 0 Å². The van der Waals surface area contributed by atoms with Crippen LogP contribution in [0.1, 0.15) is 18.5 Å². The summed E-state index contributed by atoms with van der Waals surface area (Å²) < 4.78 is 5.25. The summed E-state index contributed by atoms with van der Waals surface area (Å²) in [6.45, 7) is 5.74. The number of methoxy groups -OCH3 is 1. The number of anilines is 1. The third kappa shape index (κ3) is 4.79. The molecule has 0 radical (unpaired) electrons. The Kier molecular flexibility index (Phi) is 6.14. The largest absolute Gasteiger partial charge is 0.497 e. The van der Waals surface area contributed by atoms with Crippen molar-refractivity contribution in [2.75, 3.05) is 51.3 Å². The van der Waals surface area contributed by atoms with Crippen molar-refractivity contribution < 1.29 is 9.53 Å². The van der Waals surface area contributed by atoms with Crippen LogP contribution in [0.2, 0.25) is 0 Å². The molecule has 7 heteroatoms. The SMILES string of the molecule is COc1ccc(N2CCN([C@@H]3CCCN(C(=O)/C=C/c4cnc[nH]4)C3)CC2)cc1. The van der Waals surface area contributed by atoms with E-state index in [9.17, 15) is 4.79 Å². The molecule has 1 aromatic heterocycles. The summed E-state index contributed by atoms with van der Waals surface area (Å²) in [4.78, 5) is 26.5. The Hall–Kier alpha value is -2.80. The van der Waals surface area contributed by atoms with Crippen LogP contribution in [0.3, 0.4) is 0 Å². The molecule has 2 aliphatic heterocycles. The maximum absolute atomic E-state index is 12.6. The van der Waals surface area contributed by atoms with Crippen molar-refractivity contribution in [1.29, 1.82) is 0 Å². The molecule has 0 aliphatic carbocycles. The molecule has 29 heavy (non-hydrogen) atoms. The van der Waals surface area contributed by atoms with Crippen LogP contribution in [-0.2, 0) is 4.79 Å². The van der Waals surface area contributed by atoms with Crippen molar-refractivity contribution in [2.24, 2.45) is 0 Å². The van der Waals surface area contributed by atoms with E-state index in [1.165, 1.54) is 5.69 Å². The zero-order valence-corrected chi connectivity index (χ0v) is 17.0. The van der Waals surface area contributed by atoms with E-state index < -0.39 is 0 Å². The van der Waals surface area contributed by atoms with Crippen molar-refractivity contribution >= 4 is 17.7 Å². The number of rotatable bonds is 5. The van der Waals surface area contributed by atoms with Gasteiger partial charge in [0, 0.05) is 57.1 Å². The first-order valence-electron chi connectivity index (χ1n) is 10.3. The maximum atomic E-state index is 12.6. The topological polar surface area (TPSA) is 64.7 Å². The Morgan fingerprint density at radius 1 is 1.17 bits per heavy atom. The van der Waals surface area contributed by atoms with E-state index >= 15 is 0 Å². The van der Waals surface area contributed by atoms with Crippen LogP contribution in [-0.4, -0.2) is 78.1 Å². The average Bonchev–Trinajstić information content (AvgIpc) is 3.31. The average molecular weight is 396 g/mol. The molecule has 0 bridgehead atoms. The number of imidazole rings is 1. The number of hydrogen-bond acceptors (Lipinski definition) is 5. The predicted molar refractivity (Wildman–Crippen MR) is 114 cm³/mol. The van der Waals surface area contributed by atoms with Crippen LogP contribution in [0.15, 0.2) is 42.9 Å². The smallest absolute Gasteiger partial charge is 0.246 e. The number of piperidine rings is 1. The predicted octanol–water partition coefficient (Wildman–Crippen LogP) is 2.24. The van der Waals surface area contributed by atoms with Crippen molar-refractivity contribution in [3.8, 4) is 5.75 Å². The van der Waals surface area contributed by atoms with Gasteiger partial charge in [0.2, 0.25) is 5.91 Å². The van der Waals surface area contributed by atoms with Crippen LogP contribution in [0.4, 0.5) is 5.69 Å². The number of amides is 1. The van der Waals surface area contributed by atoms with Crippen LogP contribution in [0.25, 0.3) is 6.08 Å². The van der Waals surface area contributed by atoms with Gasteiger partial charge in [0.1, 0.15) is 5.75 Å². The molecule has 0 spiro atoms. The van der Waals surface area contributed by atoms with E-state index in [0.717, 1.165) is 63.6 Å². The zero-order chi connectivity index (χ0) is 20.1. The highest BCUT2D eigenvalue weighted by molar-refractivity contribution is 5.91. The first-order valence-corrected chi connectivity index (χ1v) is 10.3. The fraction of sp³-hybridized carbons (Fsp3) is 0.455. The second-order valence-corrected chi connectivity index (χ2v) is 7.64. The summed E-state index contributed by atoms with van der Waals surface area (Å²) in [5.74, 6) is 0.974. The minimum atomic E-state index is 0.0844. The Labute approximate surface area is 172 Å². The molecule has 1 atom stereocenters. The van der Waals surface area contributed by atoms with E-state index in [1.54, 1.807) is 31.8 Å². The van der Waals surface area contributed by atoms with Crippen LogP contribution < -0.4 is 9.64 Å². The molecule has 0 unspecified atom stereocenters. The lowest BCUT2D eigenvalue weighted by Gasteiger charge is -2.43. The first kappa shape index (κ1) is 19.5. The number of H-pyrrole nitrogens is 1. The molecule has 4 rings (SSSR count). The zero-order valence-electron chi connectivity index (χ0n) is 17.0. The summed E-state index contributed by atoms with van der Waals surface area (Å²) in [6, 6.07) is 8.74. The minimum Gasteiger partial charge on any atom is -0.497 e. The number of carbonyl (C=O) groups excluding carboxylic acids is 1. The van der Waals surface area contributed by atoms with Gasteiger partial charge in [0.05, 0.1) is 25.3 Å². The standard InChI is InChI=1S/C22H29N5O2/c1-29-21-7-5-19(6-8-21)25-11-13-26(14-12-25)20-3-2-10-27(16-20)22(28)9-4-18-15-23-17-24-18/h4-9,15,17,20H,2-3,10-14,16H2,1H3,(H,23,24)/b9-4+/t20-/m1/s1. The minimum absolute atomic E-state index is 0.0844. The first-order chi connectivity index (χ1) is 14.2. The molecule has 2 aromatic rings. The highest BCUT2D eigenvalue weighted by atomic mass is 16.5. The quantitative estimate of drug-likeness (QED) is 0.787. The monoisotopic (exact) mass is 395 g/mol. The van der Waals surface area contributed by atoms with Gasteiger partial charge in [-0.1, -0.05) is 0 Å². The number of nitrogens with zero attached hydrogens (tertiary/aromatic N) is 4. The number of ether oxygens (including phenoxy) is 1. The molecule has 0 saturated carbocycles. The molecule has 1 amide bonds. The molecule has 2 fully saturated rings. The fourth-order valence-corrected chi connectivity index (χ4v) is 4.22. The van der Waals surface area contributed by atoms with E-state index in [-0.39, 0.29) is 5.91 Å². The van der Waals surface area contributed by atoms with Crippen LogP contribution in [0.5, 0.6) is 5.75 Å².